The molecule has 2 heterocycles. The number of aliphatic hydroxyl groups excluding tert-OH is 1. The molecule has 1 aromatic heterocycles. The van der Waals surface area contributed by atoms with Crippen LogP contribution in [0.4, 0.5) is 0 Å². The molecule has 1 fully saturated rings. The Balaban J connectivity index is 1.98. The highest BCUT2D eigenvalue weighted by molar-refractivity contribution is 4.96. The Kier molecular flexibility index (Phi) is 4.37. The third-order valence-corrected chi connectivity index (χ3v) is 3.68. The molecule has 0 radical (unpaired) electrons. The summed E-state index contributed by atoms with van der Waals surface area (Å²) >= 11 is 0. The van der Waals surface area contributed by atoms with Gasteiger partial charge < -0.3 is 15.0 Å². The summed E-state index contributed by atoms with van der Waals surface area (Å²) in [7, 11) is 4.15. The monoisotopic (exact) mass is 252 g/mol. The number of piperidine rings is 1. The van der Waals surface area contributed by atoms with Gasteiger partial charge in [0.25, 0.3) is 0 Å². The maximum Gasteiger partial charge on any atom is 0.0922 e. The van der Waals surface area contributed by atoms with Crippen molar-refractivity contribution in [3.05, 3.63) is 18.2 Å². The summed E-state index contributed by atoms with van der Waals surface area (Å²) in [4.78, 5) is 11.8. The van der Waals surface area contributed by atoms with E-state index in [1.54, 1.807) is 6.33 Å². The van der Waals surface area contributed by atoms with E-state index in [9.17, 15) is 5.11 Å². The van der Waals surface area contributed by atoms with Gasteiger partial charge in [0.05, 0.1) is 12.9 Å². The molecule has 2 rings (SSSR count). The van der Waals surface area contributed by atoms with Crippen LogP contribution in [0.1, 0.15) is 18.5 Å². The van der Waals surface area contributed by atoms with Gasteiger partial charge in [-0.15, -0.1) is 0 Å². The van der Waals surface area contributed by atoms with Crippen molar-refractivity contribution in [3.63, 3.8) is 0 Å². The zero-order valence-corrected chi connectivity index (χ0v) is 11.4. The van der Waals surface area contributed by atoms with Gasteiger partial charge in [-0.25, -0.2) is 4.98 Å². The van der Waals surface area contributed by atoms with E-state index in [2.05, 4.69) is 33.9 Å². The number of aromatic nitrogens is 2. The number of rotatable bonds is 5. The number of nitrogens with one attached hydrogen (secondary N) is 1. The number of likely N-dealkylation sites (tertiary alicyclic amines) is 1. The average molecular weight is 252 g/mol. The first-order valence-corrected chi connectivity index (χ1v) is 6.59. The van der Waals surface area contributed by atoms with Gasteiger partial charge in [-0.2, -0.15) is 0 Å². The first kappa shape index (κ1) is 13.5. The first-order chi connectivity index (χ1) is 8.63. The maximum atomic E-state index is 9.76. The van der Waals surface area contributed by atoms with E-state index >= 15 is 0 Å². The highest BCUT2D eigenvalue weighted by Gasteiger charge is 2.35. The van der Waals surface area contributed by atoms with Gasteiger partial charge in [0.1, 0.15) is 0 Å². The quantitative estimate of drug-likeness (QED) is 0.803. The van der Waals surface area contributed by atoms with Crippen molar-refractivity contribution in [3.8, 4) is 0 Å². The van der Waals surface area contributed by atoms with Gasteiger partial charge in [-0.3, -0.25) is 4.90 Å². The van der Waals surface area contributed by atoms with E-state index in [-0.39, 0.29) is 12.0 Å². The molecule has 1 saturated heterocycles. The van der Waals surface area contributed by atoms with Crippen molar-refractivity contribution in [2.75, 3.05) is 40.3 Å². The second-order valence-electron chi connectivity index (χ2n) is 5.79. The van der Waals surface area contributed by atoms with Crippen molar-refractivity contribution >= 4 is 0 Å². The molecule has 5 heteroatoms. The average Bonchev–Trinajstić information content (AvgIpc) is 2.81. The molecule has 0 saturated carbocycles. The van der Waals surface area contributed by atoms with E-state index < -0.39 is 0 Å². The molecule has 0 aromatic carbocycles. The van der Waals surface area contributed by atoms with Gasteiger partial charge in [0.2, 0.25) is 0 Å². The molecule has 1 aliphatic rings. The van der Waals surface area contributed by atoms with Crippen LogP contribution >= 0.6 is 0 Å². The van der Waals surface area contributed by atoms with Crippen LogP contribution in [0, 0.1) is 5.41 Å². The summed E-state index contributed by atoms with van der Waals surface area (Å²) in [5, 5.41) is 9.76. The minimum Gasteiger partial charge on any atom is -0.396 e. The zero-order valence-electron chi connectivity index (χ0n) is 11.4. The van der Waals surface area contributed by atoms with E-state index in [4.69, 9.17) is 0 Å². The third kappa shape index (κ3) is 3.31. The summed E-state index contributed by atoms with van der Waals surface area (Å²) in [6, 6.07) is 0. The molecular weight excluding hydrogens is 228 g/mol. The second-order valence-corrected chi connectivity index (χ2v) is 5.79. The number of nitrogens with zero attached hydrogens (tertiary/aromatic N) is 3. The Bertz CT molecular complexity index is 352. The Labute approximate surface area is 109 Å². The lowest BCUT2D eigenvalue weighted by Crippen LogP contribution is -2.49. The van der Waals surface area contributed by atoms with Crippen LogP contribution in [-0.2, 0) is 6.54 Å². The summed E-state index contributed by atoms with van der Waals surface area (Å²) in [5.74, 6) is 0. The Morgan fingerprint density at radius 3 is 3.00 bits per heavy atom. The molecule has 1 atom stereocenters. The van der Waals surface area contributed by atoms with Crippen molar-refractivity contribution in [1.82, 2.24) is 19.8 Å². The molecule has 0 bridgehead atoms. The van der Waals surface area contributed by atoms with Crippen LogP contribution in [0.15, 0.2) is 12.5 Å². The van der Waals surface area contributed by atoms with Crippen molar-refractivity contribution in [2.24, 2.45) is 5.41 Å². The van der Waals surface area contributed by atoms with Gasteiger partial charge in [0.15, 0.2) is 0 Å². The minimum absolute atomic E-state index is 0.0295. The Morgan fingerprint density at radius 2 is 2.39 bits per heavy atom. The van der Waals surface area contributed by atoms with E-state index in [1.165, 1.54) is 0 Å². The maximum absolute atomic E-state index is 9.76. The lowest BCUT2D eigenvalue weighted by atomic mass is 9.80. The van der Waals surface area contributed by atoms with Crippen LogP contribution in [0.3, 0.4) is 0 Å². The standard InChI is InChI=1S/C13H24N4O/c1-16(2)8-13(10-18)4-3-5-17(9-13)7-12-6-14-11-15-12/h6,11,18H,3-5,7-10H2,1-2H3,(H,14,15)/t13-/m0/s1. The van der Waals surface area contributed by atoms with Crippen molar-refractivity contribution < 1.29 is 5.11 Å². The molecule has 102 valence electrons. The number of aromatic amines is 1. The summed E-state index contributed by atoms with van der Waals surface area (Å²) in [6.07, 6.45) is 5.86. The second kappa shape index (κ2) is 5.82. The van der Waals surface area contributed by atoms with Gasteiger partial charge in [0, 0.05) is 36.9 Å². The summed E-state index contributed by atoms with van der Waals surface area (Å²) in [5.41, 5.74) is 1.18. The highest BCUT2D eigenvalue weighted by Crippen LogP contribution is 2.30. The molecule has 5 nitrogen and oxygen atoms in total. The normalized spacial score (nSPS) is 25.8. The smallest absolute Gasteiger partial charge is 0.0922 e. The lowest BCUT2D eigenvalue weighted by Gasteiger charge is -2.43. The lowest BCUT2D eigenvalue weighted by molar-refractivity contribution is 0.0102. The molecule has 2 N–H and O–H groups in total. The van der Waals surface area contributed by atoms with Gasteiger partial charge in [-0.05, 0) is 33.5 Å². The number of hydrogen-bond acceptors (Lipinski definition) is 4. The first-order valence-electron chi connectivity index (χ1n) is 6.59. The third-order valence-electron chi connectivity index (χ3n) is 3.68. The van der Waals surface area contributed by atoms with Crippen molar-refractivity contribution in [1.29, 1.82) is 0 Å². The fraction of sp³-hybridized carbons (Fsp3) is 0.769. The number of aliphatic hydroxyl groups is 1. The van der Waals surface area contributed by atoms with Gasteiger partial charge in [-0.1, -0.05) is 0 Å². The molecular formula is C13H24N4O. The fourth-order valence-electron chi connectivity index (χ4n) is 3.04. The summed E-state index contributed by atoms with van der Waals surface area (Å²) in [6.45, 7) is 4.18. The molecule has 0 amide bonds. The van der Waals surface area contributed by atoms with Crippen LogP contribution in [0.5, 0.6) is 0 Å². The van der Waals surface area contributed by atoms with Crippen LogP contribution in [-0.4, -0.2) is 65.2 Å². The van der Waals surface area contributed by atoms with E-state index in [1.807, 2.05) is 6.20 Å². The molecule has 0 unspecified atom stereocenters. The highest BCUT2D eigenvalue weighted by atomic mass is 16.3. The number of imidazole rings is 1. The minimum atomic E-state index is 0.0295. The van der Waals surface area contributed by atoms with Crippen LogP contribution < -0.4 is 0 Å². The number of H-pyrrole nitrogens is 1. The van der Waals surface area contributed by atoms with Gasteiger partial charge >= 0.3 is 0 Å². The topological polar surface area (TPSA) is 55.4 Å². The zero-order chi connectivity index (χ0) is 13.0. The van der Waals surface area contributed by atoms with Crippen molar-refractivity contribution in [2.45, 2.75) is 19.4 Å². The SMILES string of the molecule is CN(C)C[C@@]1(CO)CCCN(Cc2cnc[nH]2)C1. The van der Waals surface area contributed by atoms with E-state index in [0.717, 1.165) is 44.7 Å². The van der Waals surface area contributed by atoms with Crippen LogP contribution in [0.2, 0.25) is 0 Å². The molecule has 18 heavy (non-hydrogen) atoms. The molecule has 1 aromatic rings. The number of hydrogen-bond donors (Lipinski definition) is 2. The molecule has 0 spiro atoms. The summed E-state index contributed by atoms with van der Waals surface area (Å²) < 4.78 is 0. The van der Waals surface area contributed by atoms with Crippen LogP contribution in [0.25, 0.3) is 0 Å². The predicted molar refractivity (Wildman–Crippen MR) is 71.2 cm³/mol. The fourth-order valence-corrected chi connectivity index (χ4v) is 3.04. The largest absolute Gasteiger partial charge is 0.396 e. The Hall–Kier alpha value is -0.910. The van der Waals surface area contributed by atoms with E-state index in [0.29, 0.717) is 0 Å². The molecule has 1 aliphatic heterocycles. The Morgan fingerprint density at radius 1 is 1.56 bits per heavy atom. The predicted octanol–water partition coefficient (Wildman–Crippen LogP) is 0.546. The molecule has 0 aliphatic carbocycles.